The Bertz CT molecular complexity index is 931. The van der Waals surface area contributed by atoms with Crippen LogP contribution in [0.5, 0.6) is 0 Å². The fraction of sp³-hybridized carbons (Fsp3) is 0.450. The molecule has 0 radical (unpaired) electrons. The van der Waals surface area contributed by atoms with Gasteiger partial charge in [-0.3, -0.25) is 4.79 Å². The molecule has 0 saturated carbocycles. The smallest absolute Gasteiger partial charge is 0.241 e. The van der Waals surface area contributed by atoms with Crippen molar-refractivity contribution in [1.29, 1.82) is 0 Å². The number of piperazine rings is 1. The third kappa shape index (κ3) is 5.71. The van der Waals surface area contributed by atoms with Gasteiger partial charge in [-0.15, -0.1) is 0 Å². The van der Waals surface area contributed by atoms with Crippen molar-refractivity contribution in [3.63, 3.8) is 0 Å². The maximum Gasteiger partial charge on any atom is 0.241 e. The van der Waals surface area contributed by atoms with Crippen molar-refractivity contribution < 1.29 is 13.2 Å². The molecular formula is C20H27N5O3S2. The van der Waals surface area contributed by atoms with Crippen molar-refractivity contribution >= 4 is 33.6 Å². The first kappa shape index (κ1) is 22.5. The van der Waals surface area contributed by atoms with Gasteiger partial charge in [-0.05, 0) is 43.6 Å². The molecule has 1 aliphatic rings. The lowest BCUT2D eigenvalue weighted by Gasteiger charge is -2.36. The Morgan fingerprint density at radius 2 is 1.77 bits per heavy atom. The first-order valence-electron chi connectivity index (χ1n) is 9.79. The van der Waals surface area contributed by atoms with Gasteiger partial charge in [0.2, 0.25) is 21.9 Å². The Morgan fingerprint density at radius 1 is 1.13 bits per heavy atom. The summed E-state index contributed by atoms with van der Waals surface area (Å²) in [6.45, 7) is 4.11. The van der Waals surface area contributed by atoms with Gasteiger partial charge >= 0.3 is 0 Å². The van der Waals surface area contributed by atoms with Crippen LogP contribution in [0.25, 0.3) is 0 Å². The number of hydrogen-bond acceptors (Lipinski definition) is 7. The molecule has 0 aliphatic carbocycles. The van der Waals surface area contributed by atoms with Crippen LogP contribution in [0.2, 0.25) is 0 Å². The number of nitrogens with one attached hydrogen (secondary N) is 1. The van der Waals surface area contributed by atoms with E-state index in [-0.39, 0.29) is 10.8 Å². The Balaban J connectivity index is 1.67. The van der Waals surface area contributed by atoms with Crippen LogP contribution in [0.4, 0.5) is 5.95 Å². The zero-order chi connectivity index (χ0) is 21.6. The highest BCUT2D eigenvalue weighted by Crippen LogP contribution is 2.15. The fourth-order valence-corrected chi connectivity index (χ4v) is 4.94. The van der Waals surface area contributed by atoms with Crippen molar-refractivity contribution in [3.8, 4) is 0 Å². The number of thioether (sulfide) groups is 1. The second-order valence-electron chi connectivity index (χ2n) is 7.13. The molecule has 1 N–H and O–H groups in total. The predicted molar refractivity (Wildman–Crippen MR) is 119 cm³/mol. The lowest BCUT2D eigenvalue weighted by atomic mass is 10.2. The second kappa shape index (κ2) is 10.2. The molecule has 2 heterocycles. The Morgan fingerprint density at radius 3 is 2.37 bits per heavy atom. The Labute approximate surface area is 182 Å². The molecule has 1 amide bonds. The number of rotatable bonds is 8. The summed E-state index contributed by atoms with van der Waals surface area (Å²) in [5.74, 6) is 1.14. The SMILES string of the molecule is CSCCC(NS(=O)(=O)c1ccc(C)cc1)C(=O)N1CCN(c2ncccn2)CC1. The summed E-state index contributed by atoms with van der Waals surface area (Å²) in [6.07, 6.45) is 5.76. The van der Waals surface area contributed by atoms with Crippen molar-refractivity contribution in [1.82, 2.24) is 19.6 Å². The molecule has 1 fully saturated rings. The van der Waals surface area contributed by atoms with Gasteiger partial charge in [0.25, 0.3) is 0 Å². The van der Waals surface area contributed by atoms with E-state index < -0.39 is 16.1 Å². The number of benzene rings is 1. The van der Waals surface area contributed by atoms with Crippen LogP contribution in [-0.4, -0.2) is 73.4 Å². The van der Waals surface area contributed by atoms with E-state index in [1.54, 1.807) is 59.4 Å². The molecule has 162 valence electrons. The first-order valence-corrected chi connectivity index (χ1v) is 12.7. The van der Waals surface area contributed by atoms with Crippen LogP contribution < -0.4 is 9.62 Å². The van der Waals surface area contributed by atoms with Crippen molar-refractivity contribution in [2.24, 2.45) is 0 Å². The van der Waals surface area contributed by atoms with Gasteiger partial charge in [0.15, 0.2) is 0 Å². The molecule has 30 heavy (non-hydrogen) atoms. The fourth-order valence-electron chi connectivity index (χ4n) is 3.24. The molecule has 2 aromatic rings. The number of nitrogens with zero attached hydrogens (tertiary/aromatic N) is 4. The zero-order valence-corrected chi connectivity index (χ0v) is 18.8. The molecule has 1 aromatic heterocycles. The lowest BCUT2D eigenvalue weighted by molar-refractivity contribution is -0.133. The molecular weight excluding hydrogens is 422 g/mol. The first-order chi connectivity index (χ1) is 14.4. The van der Waals surface area contributed by atoms with Gasteiger partial charge < -0.3 is 9.80 Å². The standard InChI is InChI=1S/C20H27N5O3S2/c1-16-4-6-17(7-5-16)30(27,28)23-18(8-15-29-2)19(26)24-11-13-25(14-12-24)20-21-9-3-10-22-20/h3-7,9-10,18,23H,8,11-15H2,1-2H3. The molecule has 1 atom stereocenters. The minimum Gasteiger partial charge on any atom is -0.338 e. The van der Waals surface area contributed by atoms with Crippen molar-refractivity contribution in [2.45, 2.75) is 24.3 Å². The van der Waals surface area contributed by atoms with E-state index in [1.807, 2.05) is 18.1 Å². The Hall–Kier alpha value is -2.17. The van der Waals surface area contributed by atoms with E-state index in [4.69, 9.17) is 0 Å². The van der Waals surface area contributed by atoms with Gasteiger partial charge in [0.05, 0.1) is 4.90 Å². The lowest BCUT2D eigenvalue weighted by Crippen LogP contribution is -2.55. The molecule has 10 heteroatoms. The minimum absolute atomic E-state index is 0.168. The average molecular weight is 450 g/mol. The van der Waals surface area contributed by atoms with Crippen LogP contribution in [0, 0.1) is 6.92 Å². The minimum atomic E-state index is -3.78. The number of aryl methyl sites for hydroxylation is 1. The summed E-state index contributed by atoms with van der Waals surface area (Å²) in [5, 5.41) is 0. The number of carbonyl (C=O) groups is 1. The van der Waals surface area contributed by atoms with Gasteiger partial charge in [-0.1, -0.05) is 17.7 Å². The summed E-state index contributed by atoms with van der Waals surface area (Å²) in [6, 6.07) is 7.60. The summed E-state index contributed by atoms with van der Waals surface area (Å²) in [4.78, 5) is 25.6. The summed E-state index contributed by atoms with van der Waals surface area (Å²) in [7, 11) is -3.78. The summed E-state index contributed by atoms with van der Waals surface area (Å²) < 4.78 is 28.3. The maximum atomic E-state index is 13.2. The van der Waals surface area contributed by atoms with E-state index in [1.165, 1.54) is 0 Å². The molecule has 1 aromatic carbocycles. The average Bonchev–Trinajstić information content (AvgIpc) is 2.77. The third-order valence-corrected chi connectivity index (χ3v) is 7.10. The third-order valence-electron chi connectivity index (χ3n) is 4.96. The van der Waals surface area contributed by atoms with Crippen LogP contribution >= 0.6 is 11.8 Å². The molecule has 3 rings (SSSR count). The molecule has 1 saturated heterocycles. The van der Waals surface area contributed by atoms with Crippen LogP contribution in [0.15, 0.2) is 47.6 Å². The Kier molecular flexibility index (Phi) is 7.68. The van der Waals surface area contributed by atoms with E-state index in [2.05, 4.69) is 14.7 Å². The van der Waals surface area contributed by atoms with E-state index in [9.17, 15) is 13.2 Å². The maximum absolute atomic E-state index is 13.2. The molecule has 0 bridgehead atoms. The van der Waals surface area contributed by atoms with Crippen molar-refractivity contribution in [2.75, 3.05) is 43.1 Å². The predicted octanol–water partition coefficient (Wildman–Crippen LogP) is 1.53. The number of anilines is 1. The van der Waals surface area contributed by atoms with Crippen LogP contribution in [-0.2, 0) is 14.8 Å². The van der Waals surface area contributed by atoms with Gasteiger partial charge in [0.1, 0.15) is 6.04 Å². The highest BCUT2D eigenvalue weighted by molar-refractivity contribution is 7.98. The highest BCUT2D eigenvalue weighted by Gasteiger charge is 2.31. The second-order valence-corrected chi connectivity index (χ2v) is 9.83. The monoisotopic (exact) mass is 449 g/mol. The van der Waals surface area contributed by atoms with Gasteiger partial charge in [-0.2, -0.15) is 16.5 Å². The molecule has 8 nitrogen and oxygen atoms in total. The topological polar surface area (TPSA) is 95.5 Å². The number of aromatic nitrogens is 2. The van der Waals surface area contributed by atoms with Crippen LogP contribution in [0.1, 0.15) is 12.0 Å². The molecule has 0 spiro atoms. The molecule has 1 unspecified atom stereocenters. The largest absolute Gasteiger partial charge is 0.338 e. The number of sulfonamides is 1. The number of hydrogen-bond donors (Lipinski definition) is 1. The van der Waals surface area contributed by atoms with Crippen LogP contribution in [0.3, 0.4) is 0 Å². The summed E-state index contributed by atoms with van der Waals surface area (Å²) in [5.41, 5.74) is 0.976. The number of amides is 1. The quantitative estimate of drug-likeness (QED) is 0.653. The normalized spacial score (nSPS) is 15.8. The number of carbonyl (C=O) groups excluding carboxylic acids is 1. The van der Waals surface area contributed by atoms with Gasteiger partial charge in [-0.25, -0.2) is 18.4 Å². The van der Waals surface area contributed by atoms with E-state index >= 15 is 0 Å². The van der Waals surface area contributed by atoms with Crippen molar-refractivity contribution in [3.05, 3.63) is 48.3 Å². The molecule has 1 aliphatic heterocycles. The van der Waals surface area contributed by atoms with Gasteiger partial charge in [0, 0.05) is 38.6 Å². The van der Waals surface area contributed by atoms with E-state index in [0.29, 0.717) is 44.3 Å². The highest BCUT2D eigenvalue weighted by atomic mass is 32.2. The zero-order valence-electron chi connectivity index (χ0n) is 17.2. The summed E-state index contributed by atoms with van der Waals surface area (Å²) >= 11 is 1.59. The van der Waals surface area contributed by atoms with E-state index in [0.717, 1.165) is 5.56 Å².